The molecule has 0 aliphatic carbocycles. The quantitative estimate of drug-likeness (QED) is 0.636. The van der Waals surface area contributed by atoms with Crippen molar-refractivity contribution in [1.82, 2.24) is 15.1 Å². The number of carbonyl (C=O) groups is 2. The maximum atomic E-state index is 14.5. The molecule has 34 heavy (non-hydrogen) atoms. The lowest BCUT2D eigenvalue weighted by atomic mass is 10.0. The van der Waals surface area contributed by atoms with Crippen LogP contribution in [0.3, 0.4) is 0 Å². The van der Waals surface area contributed by atoms with Crippen molar-refractivity contribution in [2.45, 2.75) is 20.3 Å². The number of halogens is 3. The molecule has 2 heterocycles. The SMILES string of the molecule is Cc1c(Cc2ccc(F)c(C(=O)N3CCN(c4cc(F)cc(F)c4)C(=O)C3)c2)n[nH]c(=O)c1C. The number of aromatic nitrogens is 2. The van der Waals surface area contributed by atoms with Crippen LogP contribution in [0.15, 0.2) is 41.2 Å². The van der Waals surface area contributed by atoms with E-state index in [2.05, 4.69) is 10.2 Å². The van der Waals surface area contributed by atoms with Crippen LogP contribution in [0.4, 0.5) is 18.9 Å². The molecule has 1 aliphatic heterocycles. The number of hydrogen-bond donors (Lipinski definition) is 1. The molecule has 10 heteroatoms. The molecule has 176 valence electrons. The lowest BCUT2D eigenvalue weighted by Gasteiger charge is -2.34. The third-order valence-corrected chi connectivity index (χ3v) is 5.93. The number of carbonyl (C=O) groups excluding carboxylic acids is 2. The summed E-state index contributed by atoms with van der Waals surface area (Å²) in [6, 6.07) is 6.87. The molecule has 2 aromatic carbocycles. The maximum Gasteiger partial charge on any atom is 0.267 e. The smallest absolute Gasteiger partial charge is 0.267 e. The van der Waals surface area contributed by atoms with Gasteiger partial charge in [-0.25, -0.2) is 18.3 Å². The number of H-pyrrole nitrogens is 1. The van der Waals surface area contributed by atoms with E-state index in [0.717, 1.165) is 12.1 Å². The minimum Gasteiger partial charge on any atom is -0.327 e. The Hall–Kier alpha value is -3.95. The Morgan fingerprint density at radius 3 is 2.38 bits per heavy atom. The van der Waals surface area contributed by atoms with E-state index in [4.69, 9.17) is 0 Å². The van der Waals surface area contributed by atoms with Crippen molar-refractivity contribution in [3.8, 4) is 0 Å². The monoisotopic (exact) mass is 470 g/mol. The Morgan fingerprint density at radius 2 is 1.71 bits per heavy atom. The van der Waals surface area contributed by atoms with Crippen molar-refractivity contribution < 1.29 is 22.8 Å². The number of amides is 2. The van der Waals surface area contributed by atoms with Gasteiger partial charge < -0.3 is 9.80 Å². The highest BCUT2D eigenvalue weighted by atomic mass is 19.1. The summed E-state index contributed by atoms with van der Waals surface area (Å²) in [6.07, 6.45) is 0.266. The highest BCUT2D eigenvalue weighted by molar-refractivity contribution is 6.01. The van der Waals surface area contributed by atoms with Crippen molar-refractivity contribution in [3.63, 3.8) is 0 Å². The Kier molecular flexibility index (Phi) is 6.23. The first-order valence-corrected chi connectivity index (χ1v) is 10.5. The second-order valence-electron chi connectivity index (χ2n) is 8.14. The standard InChI is InChI=1S/C24H21F3N4O3/c1-13-14(2)23(33)29-28-21(13)8-15-3-4-20(27)19(7-15)24(34)30-5-6-31(22(32)12-30)18-10-16(25)9-17(26)11-18/h3-4,7,9-11H,5-6,8,12H2,1-2H3,(H,29,33). The fourth-order valence-corrected chi connectivity index (χ4v) is 3.87. The summed E-state index contributed by atoms with van der Waals surface area (Å²) in [5, 5.41) is 6.47. The molecule has 0 bridgehead atoms. The van der Waals surface area contributed by atoms with Crippen LogP contribution < -0.4 is 10.5 Å². The number of nitrogens with one attached hydrogen (secondary N) is 1. The fraction of sp³-hybridized carbons (Fsp3) is 0.250. The van der Waals surface area contributed by atoms with Gasteiger partial charge in [0.15, 0.2) is 0 Å². The first kappa shape index (κ1) is 23.2. The molecule has 1 saturated heterocycles. The van der Waals surface area contributed by atoms with Crippen LogP contribution in [-0.2, 0) is 11.2 Å². The summed E-state index contributed by atoms with van der Waals surface area (Å²) >= 11 is 0. The highest BCUT2D eigenvalue weighted by Gasteiger charge is 2.30. The average molecular weight is 470 g/mol. The average Bonchev–Trinajstić information content (AvgIpc) is 2.79. The van der Waals surface area contributed by atoms with Gasteiger partial charge in [0.1, 0.15) is 24.0 Å². The number of rotatable bonds is 4. The van der Waals surface area contributed by atoms with E-state index in [1.165, 1.54) is 28.0 Å². The molecular formula is C24H21F3N4O3. The summed E-state index contributed by atoms with van der Waals surface area (Å²) in [6.45, 7) is 3.15. The van der Waals surface area contributed by atoms with Gasteiger partial charge in [-0.2, -0.15) is 5.10 Å². The lowest BCUT2D eigenvalue weighted by molar-refractivity contribution is -0.120. The zero-order chi connectivity index (χ0) is 24.6. The van der Waals surface area contributed by atoms with E-state index in [0.29, 0.717) is 28.5 Å². The van der Waals surface area contributed by atoms with Gasteiger partial charge in [0, 0.05) is 36.8 Å². The molecule has 0 spiro atoms. The molecule has 0 radical (unpaired) electrons. The molecule has 0 atom stereocenters. The second kappa shape index (κ2) is 9.12. The summed E-state index contributed by atoms with van der Waals surface area (Å²) in [7, 11) is 0. The van der Waals surface area contributed by atoms with Gasteiger partial charge in [-0.15, -0.1) is 0 Å². The molecule has 7 nitrogen and oxygen atoms in total. The van der Waals surface area contributed by atoms with Crippen molar-refractivity contribution in [2.75, 3.05) is 24.5 Å². The number of nitrogens with zero attached hydrogens (tertiary/aromatic N) is 3. The van der Waals surface area contributed by atoms with Crippen LogP contribution in [0, 0.1) is 31.3 Å². The Bertz CT molecular complexity index is 1340. The molecular weight excluding hydrogens is 449 g/mol. The third kappa shape index (κ3) is 4.57. The molecule has 4 rings (SSSR count). The van der Waals surface area contributed by atoms with Gasteiger partial charge in [-0.1, -0.05) is 6.07 Å². The summed E-state index contributed by atoms with van der Waals surface area (Å²) in [4.78, 5) is 39.7. The van der Waals surface area contributed by atoms with E-state index >= 15 is 0 Å². The van der Waals surface area contributed by atoms with Crippen LogP contribution in [0.5, 0.6) is 0 Å². The largest absolute Gasteiger partial charge is 0.327 e. The van der Waals surface area contributed by atoms with E-state index in [1.54, 1.807) is 13.8 Å². The zero-order valence-electron chi connectivity index (χ0n) is 18.5. The maximum absolute atomic E-state index is 14.5. The van der Waals surface area contributed by atoms with E-state index < -0.39 is 29.3 Å². The summed E-state index contributed by atoms with van der Waals surface area (Å²) < 4.78 is 41.6. The number of hydrogen-bond acceptors (Lipinski definition) is 4. The fourth-order valence-electron chi connectivity index (χ4n) is 3.87. The molecule has 2 amide bonds. The van der Waals surface area contributed by atoms with Gasteiger partial charge in [-0.05, 0) is 49.2 Å². The second-order valence-corrected chi connectivity index (χ2v) is 8.14. The first-order chi connectivity index (χ1) is 16.1. The van der Waals surface area contributed by atoms with Gasteiger partial charge in [0.2, 0.25) is 5.91 Å². The number of benzene rings is 2. The Morgan fingerprint density at radius 1 is 1.00 bits per heavy atom. The number of anilines is 1. The van der Waals surface area contributed by atoms with Crippen molar-refractivity contribution in [2.24, 2.45) is 0 Å². The van der Waals surface area contributed by atoms with Crippen LogP contribution in [0.1, 0.15) is 32.7 Å². The molecule has 0 unspecified atom stereocenters. The molecule has 1 N–H and O–H groups in total. The van der Waals surface area contributed by atoms with E-state index in [1.807, 2.05) is 0 Å². The van der Waals surface area contributed by atoms with Crippen molar-refractivity contribution in [1.29, 1.82) is 0 Å². The van der Waals surface area contributed by atoms with Gasteiger partial charge in [0.25, 0.3) is 11.5 Å². The summed E-state index contributed by atoms with van der Waals surface area (Å²) in [5.74, 6) is -3.58. The highest BCUT2D eigenvalue weighted by Crippen LogP contribution is 2.22. The van der Waals surface area contributed by atoms with Crippen LogP contribution in [0.2, 0.25) is 0 Å². The molecule has 0 saturated carbocycles. The number of aromatic amines is 1. The normalized spacial score (nSPS) is 14.0. The Labute approximate surface area is 192 Å². The molecule has 1 fully saturated rings. The number of piperazine rings is 1. The molecule has 1 aromatic heterocycles. The summed E-state index contributed by atoms with van der Waals surface area (Å²) in [5.41, 5.74) is 1.99. The Balaban J connectivity index is 1.53. The topological polar surface area (TPSA) is 86.4 Å². The predicted octanol–water partition coefficient (Wildman–Crippen LogP) is 2.88. The van der Waals surface area contributed by atoms with Crippen molar-refractivity contribution in [3.05, 3.63) is 92.2 Å². The van der Waals surface area contributed by atoms with E-state index in [-0.39, 0.29) is 42.9 Å². The lowest BCUT2D eigenvalue weighted by Crippen LogP contribution is -2.52. The minimum atomic E-state index is -0.817. The van der Waals surface area contributed by atoms with Crippen LogP contribution in [-0.4, -0.2) is 46.5 Å². The first-order valence-electron chi connectivity index (χ1n) is 10.5. The van der Waals surface area contributed by atoms with Gasteiger partial charge in [0.05, 0.1) is 11.3 Å². The van der Waals surface area contributed by atoms with Crippen LogP contribution >= 0.6 is 0 Å². The van der Waals surface area contributed by atoms with Gasteiger partial charge >= 0.3 is 0 Å². The van der Waals surface area contributed by atoms with Crippen LogP contribution in [0.25, 0.3) is 0 Å². The zero-order valence-corrected chi connectivity index (χ0v) is 18.5. The minimum absolute atomic E-state index is 0.00848. The van der Waals surface area contributed by atoms with Gasteiger partial charge in [-0.3, -0.25) is 14.4 Å². The predicted molar refractivity (Wildman–Crippen MR) is 118 cm³/mol. The third-order valence-electron chi connectivity index (χ3n) is 5.93. The molecule has 3 aromatic rings. The van der Waals surface area contributed by atoms with E-state index in [9.17, 15) is 27.6 Å². The molecule has 1 aliphatic rings. The van der Waals surface area contributed by atoms with Crippen molar-refractivity contribution >= 4 is 17.5 Å².